The zero-order valence-corrected chi connectivity index (χ0v) is 8.88. The molecule has 2 nitrogen and oxygen atoms in total. The van der Waals surface area contributed by atoms with Crippen LogP contribution in [0.3, 0.4) is 0 Å². The minimum absolute atomic E-state index is 0.0260. The van der Waals surface area contributed by atoms with E-state index in [1.54, 1.807) is 0 Å². The van der Waals surface area contributed by atoms with Crippen LogP contribution in [0.15, 0.2) is 0 Å². The molecular formula is C11H21NO. The van der Waals surface area contributed by atoms with Crippen molar-refractivity contribution in [1.29, 1.82) is 0 Å². The SMILES string of the molecule is CC(C)(C)C1NCC2CC(O)CC21. The van der Waals surface area contributed by atoms with Crippen LogP contribution in [0.25, 0.3) is 0 Å². The molecule has 4 unspecified atom stereocenters. The van der Waals surface area contributed by atoms with Crippen LogP contribution in [-0.2, 0) is 0 Å². The Hall–Kier alpha value is -0.0800. The summed E-state index contributed by atoms with van der Waals surface area (Å²) in [7, 11) is 0. The van der Waals surface area contributed by atoms with Crippen LogP contribution in [0.5, 0.6) is 0 Å². The van der Waals surface area contributed by atoms with E-state index in [0.29, 0.717) is 11.5 Å². The second-order valence-corrected chi connectivity index (χ2v) is 5.80. The van der Waals surface area contributed by atoms with Crippen molar-refractivity contribution in [3.63, 3.8) is 0 Å². The summed E-state index contributed by atoms with van der Waals surface area (Å²) in [5, 5.41) is 13.2. The monoisotopic (exact) mass is 183 g/mol. The summed E-state index contributed by atoms with van der Waals surface area (Å²) < 4.78 is 0. The van der Waals surface area contributed by atoms with Crippen molar-refractivity contribution in [3.05, 3.63) is 0 Å². The summed E-state index contributed by atoms with van der Waals surface area (Å²) in [4.78, 5) is 0. The molecule has 0 amide bonds. The van der Waals surface area contributed by atoms with Crippen molar-refractivity contribution < 1.29 is 5.11 Å². The standard InChI is InChI=1S/C11H21NO/c1-11(2,3)10-9-5-8(13)4-7(9)6-12-10/h7-10,12-13H,4-6H2,1-3H3. The first-order chi connectivity index (χ1) is 5.98. The molecule has 2 aliphatic rings. The predicted molar refractivity (Wildman–Crippen MR) is 53.5 cm³/mol. The molecule has 4 atom stereocenters. The van der Waals surface area contributed by atoms with E-state index < -0.39 is 0 Å². The van der Waals surface area contributed by atoms with Gasteiger partial charge in [-0.25, -0.2) is 0 Å². The van der Waals surface area contributed by atoms with Gasteiger partial charge in [0, 0.05) is 6.04 Å². The lowest BCUT2D eigenvalue weighted by atomic mass is 9.78. The minimum Gasteiger partial charge on any atom is -0.393 e. The molecule has 0 aromatic rings. The zero-order chi connectivity index (χ0) is 9.64. The van der Waals surface area contributed by atoms with Crippen LogP contribution in [0.4, 0.5) is 0 Å². The van der Waals surface area contributed by atoms with Gasteiger partial charge in [-0.1, -0.05) is 20.8 Å². The molecule has 2 rings (SSSR count). The average Bonchev–Trinajstić information content (AvgIpc) is 2.41. The highest BCUT2D eigenvalue weighted by Crippen LogP contribution is 2.43. The number of hydrogen-bond donors (Lipinski definition) is 2. The maximum atomic E-state index is 9.59. The molecule has 1 heterocycles. The number of hydrogen-bond acceptors (Lipinski definition) is 2. The summed E-state index contributed by atoms with van der Waals surface area (Å²) in [6, 6.07) is 0.606. The minimum atomic E-state index is -0.0260. The zero-order valence-electron chi connectivity index (χ0n) is 8.88. The molecule has 0 bridgehead atoms. The third kappa shape index (κ3) is 1.62. The topological polar surface area (TPSA) is 32.3 Å². The highest BCUT2D eigenvalue weighted by atomic mass is 16.3. The lowest BCUT2D eigenvalue weighted by Gasteiger charge is -2.32. The molecule has 1 aliphatic carbocycles. The van der Waals surface area contributed by atoms with Gasteiger partial charge in [-0.2, -0.15) is 0 Å². The van der Waals surface area contributed by atoms with E-state index in [1.165, 1.54) is 0 Å². The Morgan fingerprint density at radius 3 is 2.54 bits per heavy atom. The van der Waals surface area contributed by atoms with Gasteiger partial charge >= 0.3 is 0 Å². The van der Waals surface area contributed by atoms with E-state index in [1.807, 2.05) is 0 Å². The fourth-order valence-corrected chi connectivity index (χ4v) is 3.15. The number of aliphatic hydroxyl groups is 1. The Bertz CT molecular complexity index is 197. The van der Waals surface area contributed by atoms with Crippen LogP contribution in [0, 0.1) is 17.3 Å². The largest absolute Gasteiger partial charge is 0.393 e. The molecular weight excluding hydrogens is 162 g/mol. The Labute approximate surface area is 80.7 Å². The van der Waals surface area contributed by atoms with Crippen LogP contribution < -0.4 is 5.32 Å². The summed E-state index contributed by atoms with van der Waals surface area (Å²) in [6.07, 6.45) is 2.01. The molecule has 1 saturated heterocycles. The van der Waals surface area contributed by atoms with Gasteiger partial charge in [0.15, 0.2) is 0 Å². The fourth-order valence-electron chi connectivity index (χ4n) is 3.15. The van der Waals surface area contributed by atoms with Crippen molar-refractivity contribution in [1.82, 2.24) is 5.32 Å². The number of aliphatic hydroxyl groups excluding tert-OH is 1. The first kappa shape index (κ1) is 9.47. The third-order valence-corrected chi connectivity index (χ3v) is 3.69. The first-order valence-corrected chi connectivity index (χ1v) is 5.40. The summed E-state index contributed by atoms with van der Waals surface area (Å²) in [5.74, 6) is 1.45. The summed E-state index contributed by atoms with van der Waals surface area (Å²) in [6.45, 7) is 7.98. The Kier molecular flexibility index (Phi) is 2.16. The van der Waals surface area contributed by atoms with Gasteiger partial charge in [-0.05, 0) is 36.6 Å². The van der Waals surface area contributed by atoms with Gasteiger partial charge in [0.2, 0.25) is 0 Å². The van der Waals surface area contributed by atoms with E-state index >= 15 is 0 Å². The Morgan fingerprint density at radius 1 is 1.23 bits per heavy atom. The first-order valence-electron chi connectivity index (χ1n) is 5.40. The quantitative estimate of drug-likeness (QED) is 0.595. The molecule has 0 radical (unpaired) electrons. The highest BCUT2D eigenvalue weighted by Gasteiger charge is 2.46. The van der Waals surface area contributed by atoms with E-state index in [9.17, 15) is 5.11 Å². The van der Waals surface area contributed by atoms with Gasteiger partial charge in [0.1, 0.15) is 0 Å². The van der Waals surface area contributed by atoms with Crippen LogP contribution >= 0.6 is 0 Å². The lowest BCUT2D eigenvalue weighted by Crippen LogP contribution is -2.39. The van der Waals surface area contributed by atoms with Crippen molar-refractivity contribution in [2.75, 3.05) is 6.54 Å². The van der Waals surface area contributed by atoms with Crippen molar-refractivity contribution >= 4 is 0 Å². The molecule has 1 saturated carbocycles. The molecule has 0 aromatic carbocycles. The highest BCUT2D eigenvalue weighted by molar-refractivity contribution is 5.01. The number of fused-ring (bicyclic) bond motifs is 1. The van der Waals surface area contributed by atoms with Gasteiger partial charge in [0.05, 0.1) is 6.10 Å². The summed E-state index contributed by atoms with van der Waals surface area (Å²) >= 11 is 0. The van der Waals surface area contributed by atoms with Gasteiger partial charge in [-0.15, -0.1) is 0 Å². The third-order valence-electron chi connectivity index (χ3n) is 3.69. The van der Waals surface area contributed by atoms with Crippen LogP contribution in [0.2, 0.25) is 0 Å². The molecule has 1 aliphatic heterocycles. The maximum Gasteiger partial charge on any atom is 0.0546 e. The average molecular weight is 183 g/mol. The van der Waals surface area contributed by atoms with Crippen LogP contribution in [-0.4, -0.2) is 23.8 Å². The second kappa shape index (κ2) is 2.96. The van der Waals surface area contributed by atoms with Crippen LogP contribution in [0.1, 0.15) is 33.6 Å². The van der Waals surface area contributed by atoms with Crippen molar-refractivity contribution in [2.24, 2.45) is 17.3 Å². The molecule has 2 heteroatoms. The van der Waals surface area contributed by atoms with E-state index in [-0.39, 0.29) is 6.10 Å². The molecule has 13 heavy (non-hydrogen) atoms. The van der Waals surface area contributed by atoms with E-state index in [0.717, 1.165) is 31.2 Å². The van der Waals surface area contributed by atoms with Crippen molar-refractivity contribution in [3.8, 4) is 0 Å². The molecule has 0 spiro atoms. The molecule has 76 valence electrons. The molecule has 2 fully saturated rings. The normalized spacial score (nSPS) is 45.2. The van der Waals surface area contributed by atoms with Gasteiger partial charge < -0.3 is 10.4 Å². The van der Waals surface area contributed by atoms with Gasteiger partial charge in [-0.3, -0.25) is 0 Å². The molecule has 2 N–H and O–H groups in total. The fraction of sp³-hybridized carbons (Fsp3) is 1.00. The second-order valence-electron chi connectivity index (χ2n) is 5.80. The maximum absolute atomic E-state index is 9.59. The lowest BCUT2D eigenvalue weighted by molar-refractivity contribution is 0.157. The van der Waals surface area contributed by atoms with E-state index in [4.69, 9.17) is 0 Å². The number of nitrogens with one attached hydrogen (secondary N) is 1. The smallest absolute Gasteiger partial charge is 0.0546 e. The van der Waals surface area contributed by atoms with Gasteiger partial charge in [0.25, 0.3) is 0 Å². The van der Waals surface area contributed by atoms with Crippen molar-refractivity contribution in [2.45, 2.75) is 45.8 Å². The summed E-state index contributed by atoms with van der Waals surface area (Å²) in [5.41, 5.74) is 0.337. The Morgan fingerprint density at radius 2 is 1.92 bits per heavy atom. The number of rotatable bonds is 0. The molecule has 0 aromatic heterocycles. The Balaban J connectivity index is 2.09. The van der Waals surface area contributed by atoms with E-state index in [2.05, 4.69) is 26.1 Å². The predicted octanol–water partition coefficient (Wildman–Crippen LogP) is 1.39.